The molecule has 18 heavy (non-hydrogen) atoms. The van der Waals surface area contributed by atoms with Gasteiger partial charge in [0.25, 0.3) is 0 Å². The highest BCUT2D eigenvalue weighted by Gasteiger charge is 2.11. The monoisotopic (exact) mass is 265 g/mol. The van der Waals surface area contributed by atoms with Crippen LogP contribution in [0.25, 0.3) is 0 Å². The van der Waals surface area contributed by atoms with Crippen molar-refractivity contribution >= 4 is 11.8 Å². The largest absolute Gasteiger partial charge is 0.497 e. The predicted octanol–water partition coefficient (Wildman–Crippen LogP) is 1.65. The zero-order chi connectivity index (χ0) is 13.0. The van der Waals surface area contributed by atoms with Crippen LogP contribution >= 0.6 is 11.8 Å². The van der Waals surface area contributed by atoms with E-state index in [0.29, 0.717) is 5.75 Å². The van der Waals surface area contributed by atoms with Crippen LogP contribution in [0.4, 0.5) is 0 Å². The summed E-state index contributed by atoms with van der Waals surface area (Å²) in [5.41, 5.74) is 0.837. The number of nitrogens with zero attached hydrogens (tertiary/aromatic N) is 3. The number of aliphatic hydroxyl groups is 1. The van der Waals surface area contributed by atoms with Gasteiger partial charge in [-0.05, 0) is 17.7 Å². The molecule has 1 heterocycles. The lowest BCUT2D eigenvalue weighted by Gasteiger charge is -2.11. The van der Waals surface area contributed by atoms with Crippen LogP contribution in [0.2, 0.25) is 0 Å². The molecule has 1 aromatic heterocycles. The van der Waals surface area contributed by atoms with E-state index < -0.39 is 6.10 Å². The molecule has 0 aliphatic carbocycles. The van der Waals surface area contributed by atoms with E-state index in [1.807, 2.05) is 35.9 Å². The summed E-state index contributed by atoms with van der Waals surface area (Å²) in [6.45, 7) is 0. The Morgan fingerprint density at radius 3 is 3.00 bits per heavy atom. The molecule has 0 aliphatic rings. The van der Waals surface area contributed by atoms with Crippen LogP contribution in [0, 0.1) is 0 Å². The number of thioether (sulfide) groups is 1. The Labute approximate surface area is 110 Å². The van der Waals surface area contributed by atoms with Crippen molar-refractivity contribution < 1.29 is 9.84 Å². The van der Waals surface area contributed by atoms with Crippen LogP contribution in [-0.2, 0) is 7.05 Å². The molecule has 0 radical (unpaired) electrons. The third-order valence-corrected chi connectivity index (χ3v) is 3.63. The lowest BCUT2D eigenvalue weighted by atomic mass is 10.1. The van der Waals surface area contributed by atoms with Gasteiger partial charge in [-0.1, -0.05) is 23.9 Å². The SMILES string of the molecule is COc1cccc(C(O)CSc2nncn2C)c1. The maximum Gasteiger partial charge on any atom is 0.190 e. The van der Waals surface area contributed by atoms with E-state index in [4.69, 9.17) is 4.74 Å². The van der Waals surface area contributed by atoms with Crippen LogP contribution in [0.3, 0.4) is 0 Å². The molecule has 2 rings (SSSR count). The molecule has 96 valence electrons. The molecule has 0 saturated carbocycles. The zero-order valence-electron chi connectivity index (χ0n) is 10.3. The minimum atomic E-state index is -0.554. The van der Waals surface area contributed by atoms with Gasteiger partial charge in [-0.3, -0.25) is 0 Å². The van der Waals surface area contributed by atoms with Gasteiger partial charge >= 0.3 is 0 Å². The van der Waals surface area contributed by atoms with E-state index in [-0.39, 0.29) is 0 Å². The first kappa shape index (κ1) is 12.9. The fourth-order valence-electron chi connectivity index (χ4n) is 1.50. The number of hydrogen-bond acceptors (Lipinski definition) is 5. The summed E-state index contributed by atoms with van der Waals surface area (Å²) in [7, 11) is 3.49. The Morgan fingerprint density at radius 2 is 2.33 bits per heavy atom. The topological polar surface area (TPSA) is 60.2 Å². The first-order valence-corrected chi connectivity index (χ1v) is 6.48. The van der Waals surface area contributed by atoms with Gasteiger partial charge in [0.2, 0.25) is 0 Å². The van der Waals surface area contributed by atoms with Gasteiger partial charge in [0.1, 0.15) is 12.1 Å². The molecule has 1 atom stereocenters. The Hall–Kier alpha value is -1.53. The van der Waals surface area contributed by atoms with Gasteiger partial charge in [-0.15, -0.1) is 10.2 Å². The summed E-state index contributed by atoms with van der Waals surface area (Å²) in [6.07, 6.45) is 1.09. The molecule has 0 saturated heterocycles. The molecular formula is C12H15N3O2S. The van der Waals surface area contributed by atoms with Gasteiger partial charge in [0.15, 0.2) is 5.16 Å². The second-order valence-electron chi connectivity index (χ2n) is 3.83. The standard InChI is InChI=1S/C12H15N3O2S/c1-15-8-13-14-12(15)18-7-11(16)9-4-3-5-10(6-9)17-2/h3-6,8,11,16H,7H2,1-2H3. The summed E-state index contributed by atoms with van der Waals surface area (Å²) in [4.78, 5) is 0. The fraction of sp³-hybridized carbons (Fsp3) is 0.333. The minimum absolute atomic E-state index is 0.527. The molecular weight excluding hydrogens is 250 g/mol. The highest BCUT2D eigenvalue weighted by Crippen LogP contribution is 2.25. The smallest absolute Gasteiger partial charge is 0.190 e. The average molecular weight is 265 g/mol. The minimum Gasteiger partial charge on any atom is -0.497 e. The number of ether oxygens (including phenoxy) is 1. The normalized spacial score (nSPS) is 12.4. The third-order valence-electron chi connectivity index (χ3n) is 2.52. The van der Waals surface area contributed by atoms with Gasteiger partial charge in [-0.25, -0.2) is 0 Å². The van der Waals surface area contributed by atoms with Crippen LogP contribution in [0.1, 0.15) is 11.7 Å². The number of rotatable bonds is 5. The van der Waals surface area contributed by atoms with Crippen molar-refractivity contribution in [3.8, 4) is 5.75 Å². The number of hydrogen-bond donors (Lipinski definition) is 1. The van der Waals surface area contributed by atoms with E-state index in [1.165, 1.54) is 11.8 Å². The van der Waals surface area contributed by atoms with Gasteiger partial charge in [-0.2, -0.15) is 0 Å². The van der Waals surface area contributed by atoms with Crippen LogP contribution < -0.4 is 4.74 Å². The van der Waals surface area contributed by atoms with E-state index in [1.54, 1.807) is 13.4 Å². The zero-order valence-corrected chi connectivity index (χ0v) is 11.1. The van der Waals surface area contributed by atoms with Crippen molar-refractivity contribution in [2.24, 2.45) is 7.05 Å². The number of methoxy groups -OCH3 is 1. The summed E-state index contributed by atoms with van der Waals surface area (Å²) in [5.74, 6) is 1.27. The van der Waals surface area contributed by atoms with Crippen molar-refractivity contribution in [1.82, 2.24) is 14.8 Å². The summed E-state index contributed by atoms with van der Waals surface area (Å²) < 4.78 is 6.95. The molecule has 2 aromatic rings. The Morgan fingerprint density at radius 1 is 1.50 bits per heavy atom. The highest BCUT2D eigenvalue weighted by molar-refractivity contribution is 7.99. The number of aromatic nitrogens is 3. The fourth-order valence-corrected chi connectivity index (χ4v) is 2.36. The Bertz CT molecular complexity index is 516. The molecule has 1 aromatic carbocycles. The second-order valence-corrected chi connectivity index (χ2v) is 4.81. The lowest BCUT2D eigenvalue weighted by molar-refractivity contribution is 0.203. The van der Waals surface area contributed by atoms with Crippen molar-refractivity contribution in [2.45, 2.75) is 11.3 Å². The summed E-state index contributed by atoms with van der Waals surface area (Å²) in [6, 6.07) is 7.43. The van der Waals surface area contributed by atoms with Crippen molar-refractivity contribution in [2.75, 3.05) is 12.9 Å². The first-order valence-electron chi connectivity index (χ1n) is 5.49. The molecule has 0 amide bonds. The van der Waals surface area contributed by atoms with Gasteiger partial charge in [0, 0.05) is 12.8 Å². The predicted molar refractivity (Wildman–Crippen MR) is 69.7 cm³/mol. The van der Waals surface area contributed by atoms with E-state index in [9.17, 15) is 5.11 Å². The van der Waals surface area contributed by atoms with Crippen molar-refractivity contribution in [3.05, 3.63) is 36.2 Å². The van der Waals surface area contributed by atoms with E-state index >= 15 is 0 Å². The molecule has 1 N–H and O–H groups in total. The maximum absolute atomic E-state index is 10.1. The molecule has 0 fully saturated rings. The molecule has 0 bridgehead atoms. The number of benzene rings is 1. The van der Waals surface area contributed by atoms with Crippen LogP contribution in [0.5, 0.6) is 5.75 Å². The molecule has 6 heteroatoms. The van der Waals surface area contributed by atoms with Crippen LogP contribution in [0.15, 0.2) is 35.7 Å². The van der Waals surface area contributed by atoms with E-state index in [2.05, 4.69) is 10.2 Å². The summed E-state index contributed by atoms with van der Waals surface area (Å²) in [5, 5.41) is 18.6. The maximum atomic E-state index is 10.1. The highest BCUT2D eigenvalue weighted by atomic mass is 32.2. The van der Waals surface area contributed by atoms with Crippen LogP contribution in [-0.4, -0.2) is 32.7 Å². The third kappa shape index (κ3) is 3.02. The van der Waals surface area contributed by atoms with Crippen molar-refractivity contribution in [1.29, 1.82) is 0 Å². The average Bonchev–Trinajstić information content (AvgIpc) is 2.81. The molecule has 5 nitrogen and oxygen atoms in total. The van der Waals surface area contributed by atoms with Gasteiger partial charge in [0.05, 0.1) is 13.2 Å². The van der Waals surface area contributed by atoms with Crippen molar-refractivity contribution in [3.63, 3.8) is 0 Å². The molecule has 0 spiro atoms. The lowest BCUT2D eigenvalue weighted by Crippen LogP contribution is -2.02. The van der Waals surface area contributed by atoms with E-state index in [0.717, 1.165) is 16.5 Å². The summed E-state index contributed by atoms with van der Waals surface area (Å²) >= 11 is 1.47. The Kier molecular flexibility index (Phi) is 4.22. The molecule has 1 unspecified atom stereocenters. The first-order chi connectivity index (χ1) is 8.70. The quantitative estimate of drug-likeness (QED) is 0.833. The number of aryl methyl sites for hydroxylation is 1. The van der Waals surface area contributed by atoms with Gasteiger partial charge < -0.3 is 14.4 Å². The second kappa shape index (κ2) is 5.88. The number of aliphatic hydroxyl groups excluding tert-OH is 1. The molecule has 0 aliphatic heterocycles. The Balaban J connectivity index is 1.99.